The zero-order chi connectivity index (χ0) is 17.9. The zero-order valence-corrected chi connectivity index (χ0v) is 14.7. The van der Waals surface area contributed by atoms with Crippen molar-refractivity contribution in [2.75, 3.05) is 13.1 Å². The topological polar surface area (TPSA) is 119 Å². The average Bonchev–Trinajstić information content (AvgIpc) is 2.52. The lowest BCUT2D eigenvalue weighted by atomic mass is 9.66. The molecule has 0 aromatic heterocycles. The molecule has 0 bridgehead atoms. The van der Waals surface area contributed by atoms with Crippen LogP contribution in [0.3, 0.4) is 0 Å². The molecule has 2 fully saturated rings. The van der Waals surface area contributed by atoms with E-state index >= 15 is 0 Å². The fourth-order valence-electron chi connectivity index (χ4n) is 3.81. The largest absolute Gasteiger partial charge is 0.370 e. The van der Waals surface area contributed by atoms with E-state index in [1.165, 1.54) is 4.90 Å². The number of rotatable bonds is 8. The van der Waals surface area contributed by atoms with Crippen LogP contribution < -0.4 is 16.8 Å². The van der Waals surface area contributed by atoms with Gasteiger partial charge in [-0.3, -0.25) is 14.4 Å². The number of carbonyl (C=O) groups is 3. The molecule has 0 aromatic carbocycles. The molecule has 3 amide bonds. The van der Waals surface area contributed by atoms with Crippen LogP contribution in [0.4, 0.5) is 0 Å². The van der Waals surface area contributed by atoms with Crippen molar-refractivity contribution in [3.63, 3.8) is 0 Å². The second-order valence-corrected chi connectivity index (χ2v) is 7.71. The summed E-state index contributed by atoms with van der Waals surface area (Å²) in [6.45, 7) is 5.92. The molecular formula is C17H30N4O3. The van der Waals surface area contributed by atoms with E-state index in [2.05, 4.69) is 19.2 Å². The summed E-state index contributed by atoms with van der Waals surface area (Å²) in [5.41, 5.74) is 10.2. The number of β-lactam (4-membered cyclic amide) rings is 1. The molecule has 7 heteroatoms. The van der Waals surface area contributed by atoms with E-state index < -0.39 is 17.9 Å². The summed E-state index contributed by atoms with van der Waals surface area (Å²) in [6, 6.07) is -0.242. The lowest BCUT2D eigenvalue weighted by Crippen LogP contribution is -2.68. The number of nitrogens with zero attached hydrogens (tertiary/aromatic N) is 1. The highest BCUT2D eigenvalue weighted by Gasteiger charge is 2.55. The molecule has 0 radical (unpaired) electrons. The van der Waals surface area contributed by atoms with Crippen LogP contribution in [0.1, 0.15) is 52.4 Å². The highest BCUT2D eigenvalue weighted by molar-refractivity contribution is 5.94. The van der Waals surface area contributed by atoms with Gasteiger partial charge in [-0.15, -0.1) is 0 Å². The smallest absolute Gasteiger partial charge is 0.240 e. The third-order valence-electron chi connectivity index (χ3n) is 5.31. The number of hydrogen-bond acceptors (Lipinski definition) is 4. The first-order valence-electron chi connectivity index (χ1n) is 8.87. The summed E-state index contributed by atoms with van der Waals surface area (Å²) in [5, 5.41) is 3.56. The first-order valence-corrected chi connectivity index (χ1v) is 8.87. The first-order chi connectivity index (χ1) is 11.2. The van der Waals surface area contributed by atoms with E-state index in [1.54, 1.807) is 0 Å². The van der Waals surface area contributed by atoms with Gasteiger partial charge < -0.3 is 21.7 Å². The van der Waals surface area contributed by atoms with Gasteiger partial charge in [-0.05, 0) is 44.6 Å². The molecular weight excluding hydrogens is 308 g/mol. The van der Waals surface area contributed by atoms with Crippen LogP contribution in [0, 0.1) is 11.3 Å². The maximum atomic E-state index is 12.7. The maximum Gasteiger partial charge on any atom is 0.240 e. The highest BCUT2D eigenvalue weighted by atomic mass is 16.2. The molecule has 1 heterocycles. The molecule has 0 aromatic rings. The standard InChI is InChI=1S/C17H30N4O3/c1-11(2)9-20-12-5-7-17(8-6-12)10-21(16(17)24)13(15(19)23)3-4-14(18)22/h11-13,20H,3-10H2,1-2H3,(H2,18,22)(H2,19,23)/t12?,13-,17?/m0/s1. The van der Waals surface area contributed by atoms with Gasteiger partial charge in [0.1, 0.15) is 6.04 Å². The van der Waals surface area contributed by atoms with Crippen LogP contribution in [0.5, 0.6) is 0 Å². The Morgan fingerprint density at radius 3 is 2.38 bits per heavy atom. The van der Waals surface area contributed by atoms with Gasteiger partial charge in [0.2, 0.25) is 17.7 Å². The van der Waals surface area contributed by atoms with Crippen LogP contribution in [0.2, 0.25) is 0 Å². The summed E-state index contributed by atoms with van der Waals surface area (Å²) in [4.78, 5) is 36.8. The van der Waals surface area contributed by atoms with Crippen molar-refractivity contribution in [2.45, 2.75) is 64.5 Å². The van der Waals surface area contributed by atoms with Crippen LogP contribution in [-0.2, 0) is 14.4 Å². The third-order valence-corrected chi connectivity index (χ3v) is 5.31. The Hall–Kier alpha value is -1.63. The van der Waals surface area contributed by atoms with Gasteiger partial charge in [0, 0.05) is 19.0 Å². The molecule has 2 rings (SSSR count). The second-order valence-electron chi connectivity index (χ2n) is 7.71. The van der Waals surface area contributed by atoms with Crippen LogP contribution in [0.25, 0.3) is 0 Å². The first kappa shape index (κ1) is 18.7. The molecule has 7 nitrogen and oxygen atoms in total. The molecule has 1 saturated carbocycles. The monoisotopic (exact) mass is 338 g/mol. The fourth-order valence-corrected chi connectivity index (χ4v) is 3.81. The number of nitrogens with two attached hydrogens (primary N) is 2. The van der Waals surface area contributed by atoms with E-state index in [0.717, 1.165) is 32.2 Å². The van der Waals surface area contributed by atoms with Crippen molar-refractivity contribution in [2.24, 2.45) is 22.8 Å². The summed E-state index contributed by atoms with van der Waals surface area (Å²) in [7, 11) is 0. The number of likely N-dealkylation sites (tertiary alicyclic amines) is 1. The number of primary amides is 2. The highest BCUT2D eigenvalue weighted by Crippen LogP contribution is 2.46. The van der Waals surface area contributed by atoms with Crippen molar-refractivity contribution >= 4 is 17.7 Å². The van der Waals surface area contributed by atoms with E-state index in [4.69, 9.17) is 11.5 Å². The number of hydrogen-bond donors (Lipinski definition) is 3. The van der Waals surface area contributed by atoms with Crippen molar-refractivity contribution in [1.82, 2.24) is 10.2 Å². The van der Waals surface area contributed by atoms with Gasteiger partial charge in [0.05, 0.1) is 5.41 Å². The van der Waals surface area contributed by atoms with E-state index in [0.29, 0.717) is 18.5 Å². The third kappa shape index (κ3) is 4.06. The van der Waals surface area contributed by atoms with E-state index in [1.807, 2.05) is 0 Å². The number of nitrogens with one attached hydrogen (secondary N) is 1. The zero-order valence-electron chi connectivity index (χ0n) is 14.7. The molecule has 136 valence electrons. The average molecular weight is 338 g/mol. The van der Waals surface area contributed by atoms with Gasteiger partial charge in [0.15, 0.2) is 0 Å². The molecule has 1 saturated heterocycles. The molecule has 0 unspecified atom stereocenters. The van der Waals surface area contributed by atoms with Gasteiger partial charge in [-0.2, -0.15) is 0 Å². The lowest BCUT2D eigenvalue weighted by Gasteiger charge is -2.54. The summed E-state index contributed by atoms with van der Waals surface area (Å²) in [5.74, 6) is -0.422. The van der Waals surface area contributed by atoms with E-state index in [-0.39, 0.29) is 24.2 Å². The molecule has 5 N–H and O–H groups in total. The van der Waals surface area contributed by atoms with Crippen molar-refractivity contribution in [3.8, 4) is 0 Å². The minimum atomic E-state index is -0.715. The Balaban J connectivity index is 1.87. The fraction of sp³-hybridized carbons (Fsp3) is 0.824. The Morgan fingerprint density at radius 2 is 1.92 bits per heavy atom. The van der Waals surface area contributed by atoms with Gasteiger partial charge in [-0.1, -0.05) is 13.8 Å². The van der Waals surface area contributed by atoms with Crippen LogP contribution in [0.15, 0.2) is 0 Å². The Kier molecular flexibility index (Phi) is 5.85. The quantitative estimate of drug-likeness (QED) is 0.545. The SMILES string of the molecule is CC(C)CNC1CCC2(CC1)CN([C@@H](CCC(N)=O)C(N)=O)C2=O. The predicted octanol–water partition coefficient (Wildman–Crippen LogP) is 0.123. The van der Waals surface area contributed by atoms with Gasteiger partial charge >= 0.3 is 0 Å². The van der Waals surface area contributed by atoms with Gasteiger partial charge in [0.25, 0.3) is 0 Å². The Bertz CT molecular complexity index is 498. The van der Waals surface area contributed by atoms with Crippen LogP contribution in [-0.4, -0.2) is 47.8 Å². The Labute approximate surface area is 143 Å². The number of carbonyl (C=O) groups excluding carboxylic acids is 3. The number of amides is 3. The molecule has 1 atom stereocenters. The molecule has 1 aliphatic carbocycles. The normalized spacial score (nSPS) is 28.0. The minimum Gasteiger partial charge on any atom is -0.370 e. The van der Waals surface area contributed by atoms with Crippen LogP contribution >= 0.6 is 0 Å². The molecule has 1 spiro atoms. The minimum absolute atomic E-state index is 0.0121. The molecule has 2 aliphatic rings. The van der Waals surface area contributed by atoms with Crippen molar-refractivity contribution < 1.29 is 14.4 Å². The molecule has 24 heavy (non-hydrogen) atoms. The van der Waals surface area contributed by atoms with Gasteiger partial charge in [-0.25, -0.2) is 0 Å². The summed E-state index contributed by atoms with van der Waals surface area (Å²) >= 11 is 0. The second kappa shape index (κ2) is 7.51. The Morgan fingerprint density at radius 1 is 1.29 bits per heavy atom. The summed E-state index contributed by atoms with van der Waals surface area (Å²) < 4.78 is 0. The summed E-state index contributed by atoms with van der Waals surface area (Å²) in [6.07, 6.45) is 3.93. The van der Waals surface area contributed by atoms with Crippen molar-refractivity contribution in [1.29, 1.82) is 0 Å². The molecule has 1 aliphatic heterocycles. The maximum absolute atomic E-state index is 12.7. The van der Waals surface area contributed by atoms with Crippen molar-refractivity contribution in [3.05, 3.63) is 0 Å². The lowest BCUT2D eigenvalue weighted by molar-refractivity contribution is -0.171. The van der Waals surface area contributed by atoms with E-state index in [9.17, 15) is 14.4 Å². The predicted molar refractivity (Wildman–Crippen MR) is 90.7 cm³/mol.